The van der Waals surface area contributed by atoms with Gasteiger partial charge >= 0.3 is 0 Å². The third kappa shape index (κ3) is 3.13. The second-order valence-electron chi connectivity index (χ2n) is 7.19. The van der Waals surface area contributed by atoms with Gasteiger partial charge in [0.2, 0.25) is 5.91 Å². The molecule has 1 aromatic rings. The summed E-state index contributed by atoms with van der Waals surface area (Å²) in [6.07, 6.45) is 7.57. The van der Waals surface area contributed by atoms with Crippen LogP contribution in [-0.4, -0.2) is 13.0 Å². The van der Waals surface area contributed by atoms with Crippen LogP contribution in [0.3, 0.4) is 0 Å². The highest BCUT2D eigenvalue weighted by Crippen LogP contribution is 2.58. The Kier molecular flexibility index (Phi) is 4.42. The molecule has 1 aromatic carbocycles. The van der Waals surface area contributed by atoms with E-state index >= 15 is 0 Å². The molecule has 22 heavy (non-hydrogen) atoms. The van der Waals surface area contributed by atoms with Gasteiger partial charge in [-0.3, -0.25) is 4.79 Å². The molecule has 2 aliphatic carbocycles. The van der Waals surface area contributed by atoms with Crippen molar-refractivity contribution in [1.29, 1.82) is 0 Å². The van der Waals surface area contributed by atoms with Crippen molar-refractivity contribution in [3.8, 4) is 5.75 Å². The Morgan fingerprint density at radius 1 is 1.36 bits per heavy atom. The van der Waals surface area contributed by atoms with E-state index in [4.69, 9.17) is 4.74 Å². The molecule has 0 radical (unpaired) electrons. The Labute approximate surface area is 133 Å². The molecule has 3 nitrogen and oxygen atoms in total. The Balaban J connectivity index is 1.46. The van der Waals surface area contributed by atoms with Crippen LogP contribution in [0.5, 0.6) is 5.75 Å². The van der Waals surface area contributed by atoms with Gasteiger partial charge in [0.1, 0.15) is 5.75 Å². The molecule has 0 heterocycles. The number of amides is 1. The predicted octanol–water partition coefficient (Wildman–Crippen LogP) is 3.92. The highest BCUT2D eigenvalue weighted by molar-refractivity contribution is 5.79. The fourth-order valence-electron chi connectivity index (χ4n) is 4.33. The van der Waals surface area contributed by atoms with E-state index in [1.54, 1.807) is 7.11 Å². The minimum Gasteiger partial charge on any atom is -0.497 e. The van der Waals surface area contributed by atoms with Gasteiger partial charge in [-0.1, -0.05) is 25.5 Å². The van der Waals surface area contributed by atoms with Crippen molar-refractivity contribution < 1.29 is 9.53 Å². The SMILES string of the molecule is CCC1CCC2(C1)CC(C(=O)NCc1cccc(OC)c1)C2. The smallest absolute Gasteiger partial charge is 0.223 e. The first kappa shape index (κ1) is 15.4. The number of nitrogens with one attached hydrogen (secondary N) is 1. The topological polar surface area (TPSA) is 38.3 Å². The van der Waals surface area contributed by atoms with Crippen molar-refractivity contribution in [3.05, 3.63) is 29.8 Å². The molecule has 0 saturated heterocycles. The molecule has 1 N–H and O–H groups in total. The molecular weight excluding hydrogens is 274 g/mol. The number of carbonyl (C=O) groups is 1. The summed E-state index contributed by atoms with van der Waals surface area (Å²) >= 11 is 0. The summed E-state index contributed by atoms with van der Waals surface area (Å²) in [6, 6.07) is 7.88. The lowest BCUT2D eigenvalue weighted by molar-refractivity contribution is -0.132. The van der Waals surface area contributed by atoms with Crippen molar-refractivity contribution >= 4 is 5.91 Å². The molecule has 0 aromatic heterocycles. The number of rotatable bonds is 5. The molecule has 0 bridgehead atoms. The van der Waals surface area contributed by atoms with Crippen LogP contribution in [0.1, 0.15) is 51.0 Å². The van der Waals surface area contributed by atoms with Gasteiger partial charge in [0.05, 0.1) is 7.11 Å². The summed E-state index contributed by atoms with van der Waals surface area (Å²) in [7, 11) is 1.66. The molecule has 3 heteroatoms. The molecule has 2 saturated carbocycles. The van der Waals surface area contributed by atoms with Crippen LogP contribution in [0.25, 0.3) is 0 Å². The largest absolute Gasteiger partial charge is 0.497 e. The fraction of sp³-hybridized carbons (Fsp3) is 0.632. The standard InChI is InChI=1S/C19H27NO2/c1-3-14-7-8-19(10-14)11-16(12-19)18(21)20-13-15-5-4-6-17(9-15)22-2/h4-6,9,14,16H,3,7-8,10-13H2,1-2H3,(H,20,21). The zero-order chi connectivity index (χ0) is 15.6. The lowest BCUT2D eigenvalue weighted by atomic mass is 9.60. The van der Waals surface area contributed by atoms with Gasteiger partial charge in [0.15, 0.2) is 0 Å². The van der Waals surface area contributed by atoms with Crippen LogP contribution in [0.15, 0.2) is 24.3 Å². The van der Waals surface area contributed by atoms with Gasteiger partial charge in [-0.05, 0) is 61.1 Å². The highest BCUT2D eigenvalue weighted by Gasteiger charge is 2.50. The van der Waals surface area contributed by atoms with Crippen LogP contribution in [0.2, 0.25) is 0 Å². The first-order chi connectivity index (χ1) is 10.6. The molecule has 3 rings (SSSR count). The molecule has 2 aliphatic rings. The molecule has 120 valence electrons. The van der Waals surface area contributed by atoms with E-state index in [9.17, 15) is 4.79 Å². The number of benzene rings is 1. The van der Waals surface area contributed by atoms with Crippen molar-refractivity contribution in [3.63, 3.8) is 0 Å². The Morgan fingerprint density at radius 2 is 2.18 bits per heavy atom. The third-order valence-corrected chi connectivity index (χ3v) is 5.71. The van der Waals surface area contributed by atoms with Crippen LogP contribution in [-0.2, 0) is 11.3 Å². The van der Waals surface area contributed by atoms with Crippen molar-refractivity contribution in [2.45, 2.75) is 52.0 Å². The molecule has 1 spiro atoms. The number of carbonyl (C=O) groups excluding carboxylic acids is 1. The highest BCUT2D eigenvalue weighted by atomic mass is 16.5. The molecule has 1 atom stereocenters. The maximum Gasteiger partial charge on any atom is 0.223 e. The molecule has 1 amide bonds. The number of hydrogen-bond donors (Lipinski definition) is 1. The zero-order valence-corrected chi connectivity index (χ0v) is 13.7. The van der Waals surface area contributed by atoms with Gasteiger partial charge in [-0.25, -0.2) is 0 Å². The van der Waals surface area contributed by atoms with Gasteiger partial charge < -0.3 is 10.1 Å². The average Bonchev–Trinajstić information content (AvgIpc) is 2.96. The second kappa shape index (κ2) is 6.31. The van der Waals surface area contributed by atoms with Crippen LogP contribution < -0.4 is 10.1 Å². The molecule has 0 aliphatic heterocycles. The summed E-state index contributed by atoms with van der Waals surface area (Å²) in [5.74, 6) is 2.21. The van der Waals surface area contributed by atoms with Crippen LogP contribution >= 0.6 is 0 Å². The van der Waals surface area contributed by atoms with E-state index in [1.807, 2.05) is 24.3 Å². The minimum atomic E-state index is 0.230. The summed E-state index contributed by atoms with van der Waals surface area (Å²) in [6.45, 7) is 2.89. The summed E-state index contributed by atoms with van der Waals surface area (Å²) in [4.78, 5) is 12.3. The fourth-order valence-corrected chi connectivity index (χ4v) is 4.33. The zero-order valence-electron chi connectivity index (χ0n) is 13.7. The van der Waals surface area contributed by atoms with Crippen molar-refractivity contribution in [2.24, 2.45) is 17.3 Å². The van der Waals surface area contributed by atoms with E-state index in [0.717, 1.165) is 30.1 Å². The molecule has 2 fully saturated rings. The first-order valence-electron chi connectivity index (χ1n) is 8.55. The summed E-state index contributed by atoms with van der Waals surface area (Å²) < 4.78 is 5.21. The van der Waals surface area contributed by atoms with Gasteiger partial charge in [-0.2, -0.15) is 0 Å². The van der Waals surface area contributed by atoms with Crippen molar-refractivity contribution in [2.75, 3.05) is 7.11 Å². The van der Waals surface area contributed by atoms with E-state index in [1.165, 1.54) is 25.7 Å². The molecule has 1 unspecified atom stereocenters. The monoisotopic (exact) mass is 301 g/mol. The third-order valence-electron chi connectivity index (χ3n) is 5.71. The second-order valence-corrected chi connectivity index (χ2v) is 7.19. The van der Waals surface area contributed by atoms with E-state index in [-0.39, 0.29) is 11.8 Å². The maximum atomic E-state index is 12.3. The predicted molar refractivity (Wildman–Crippen MR) is 87.6 cm³/mol. The van der Waals surface area contributed by atoms with Crippen molar-refractivity contribution in [1.82, 2.24) is 5.32 Å². The van der Waals surface area contributed by atoms with Crippen LogP contribution in [0, 0.1) is 17.3 Å². The first-order valence-corrected chi connectivity index (χ1v) is 8.55. The maximum absolute atomic E-state index is 12.3. The Morgan fingerprint density at radius 3 is 2.86 bits per heavy atom. The number of hydrogen-bond acceptors (Lipinski definition) is 2. The molecular formula is C19H27NO2. The normalized spacial score (nSPS) is 30.1. The lowest BCUT2D eigenvalue weighted by Gasteiger charge is -2.45. The van der Waals surface area contributed by atoms with Crippen LogP contribution in [0.4, 0.5) is 0 Å². The van der Waals surface area contributed by atoms with Gasteiger partial charge in [0.25, 0.3) is 0 Å². The number of methoxy groups -OCH3 is 1. The average molecular weight is 301 g/mol. The Bertz CT molecular complexity index is 534. The van der Waals surface area contributed by atoms with E-state index in [0.29, 0.717) is 12.0 Å². The lowest BCUT2D eigenvalue weighted by Crippen LogP contribution is -2.44. The minimum absolute atomic E-state index is 0.230. The van der Waals surface area contributed by atoms with Gasteiger partial charge in [0, 0.05) is 12.5 Å². The van der Waals surface area contributed by atoms with E-state index in [2.05, 4.69) is 12.2 Å². The Hall–Kier alpha value is -1.51. The summed E-state index contributed by atoms with van der Waals surface area (Å²) in [5, 5.41) is 3.09. The van der Waals surface area contributed by atoms with E-state index < -0.39 is 0 Å². The van der Waals surface area contributed by atoms with Gasteiger partial charge in [-0.15, -0.1) is 0 Å². The summed E-state index contributed by atoms with van der Waals surface area (Å²) in [5.41, 5.74) is 1.60. The number of ether oxygens (including phenoxy) is 1. The quantitative estimate of drug-likeness (QED) is 0.895.